The second-order valence-corrected chi connectivity index (χ2v) is 3.93. The number of carboxylic acids is 2. The van der Waals surface area contributed by atoms with Gasteiger partial charge in [-0.1, -0.05) is 45.4 Å². The summed E-state index contributed by atoms with van der Waals surface area (Å²) in [5, 5.41) is 15.4. The molecule has 0 bridgehead atoms. The number of hydrogen-bond acceptors (Lipinski definition) is 2. The van der Waals surface area contributed by atoms with Gasteiger partial charge >= 0.3 is 41.5 Å². The Morgan fingerprint density at radius 3 is 1.72 bits per heavy atom. The quantitative estimate of drug-likeness (QED) is 0.276. The average molecular weight is 268 g/mol. The van der Waals surface area contributed by atoms with Crippen LogP contribution in [-0.4, -0.2) is 22.2 Å². The molecule has 0 rings (SSSR count). The van der Waals surface area contributed by atoms with Gasteiger partial charge in [0.25, 0.3) is 0 Å². The van der Waals surface area contributed by atoms with Gasteiger partial charge in [-0.3, -0.25) is 9.59 Å². The van der Waals surface area contributed by atoms with Gasteiger partial charge in [0.05, 0.1) is 0 Å². The number of unbranched alkanes of at least 4 members (excludes halogenated alkanes) is 7. The molecule has 0 aliphatic rings. The van der Waals surface area contributed by atoms with Crippen LogP contribution >= 0.6 is 0 Å². The predicted molar refractivity (Wildman–Crippen MR) is 67.9 cm³/mol. The van der Waals surface area contributed by atoms with Gasteiger partial charge in [0, 0.05) is 0 Å². The maximum Gasteiger partial charge on any atom is 1.00 e. The molecule has 0 heterocycles. The second-order valence-electron chi connectivity index (χ2n) is 3.93. The first-order chi connectivity index (χ1) is 8.04. The molecule has 0 aliphatic carbocycles. The van der Waals surface area contributed by atoms with Crippen molar-refractivity contribution < 1.29 is 49.4 Å². The van der Waals surface area contributed by atoms with Crippen molar-refractivity contribution in [3.8, 4) is 0 Å². The molecule has 0 spiro atoms. The largest absolute Gasteiger partial charge is 1.00 e. The molecule has 0 radical (unpaired) electrons. The van der Waals surface area contributed by atoms with Crippen molar-refractivity contribution in [2.24, 2.45) is 0 Å². The van der Waals surface area contributed by atoms with Crippen LogP contribution in [0.2, 0.25) is 0 Å². The van der Waals surface area contributed by atoms with E-state index in [2.05, 4.69) is 20.3 Å². The van der Waals surface area contributed by atoms with Gasteiger partial charge in [0.15, 0.2) is 0 Å². The third-order valence-corrected chi connectivity index (χ3v) is 2.15. The summed E-state index contributed by atoms with van der Waals surface area (Å²) in [6, 6.07) is 0. The van der Waals surface area contributed by atoms with Gasteiger partial charge < -0.3 is 16.6 Å². The summed E-state index contributed by atoms with van der Waals surface area (Å²) < 4.78 is 0. The molecule has 2 N–H and O–H groups in total. The molecule has 0 saturated heterocycles. The zero-order valence-corrected chi connectivity index (χ0v) is 13.9. The molecule has 18 heavy (non-hydrogen) atoms. The first kappa shape index (κ1) is 23.1. The normalized spacial score (nSPS) is 8.78. The van der Waals surface area contributed by atoms with Crippen LogP contribution in [-0.2, 0) is 9.59 Å². The standard InChI is InChI=1S/C10H21.C3H4O4.Na/c1-3-5-7-9-10-8-6-4-2;4-2(5)1-3(6)7;/h3H,4-10H2,1-2H3;1H2,(H,4,5)(H,6,7);/q-1;;+1. The monoisotopic (exact) mass is 268 g/mol. The molecule has 0 atom stereocenters. The van der Waals surface area contributed by atoms with E-state index in [4.69, 9.17) is 10.2 Å². The van der Waals surface area contributed by atoms with E-state index < -0.39 is 18.4 Å². The molecular formula is C13H25NaO4. The van der Waals surface area contributed by atoms with E-state index in [0.29, 0.717) is 0 Å². The SMILES string of the molecule is C[CH-]CCCCCCCC.O=C(O)CC(=O)O.[Na+]. The van der Waals surface area contributed by atoms with E-state index in [0.717, 1.165) is 0 Å². The van der Waals surface area contributed by atoms with Gasteiger partial charge in [-0.2, -0.15) is 13.3 Å². The number of carbonyl (C=O) groups is 2. The molecule has 0 aromatic rings. The predicted octanol–water partition coefficient (Wildman–Crippen LogP) is 0.511. The Morgan fingerprint density at radius 1 is 0.944 bits per heavy atom. The Labute approximate surface area is 132 Å². The third-order valence-electron chi connectivity index (χ3n) is 2.15. The van der Waals surface area contributed by atoms with Gasteiger partial charge in [-0.05, 0) is 0 Å². The van der Waals surface area contributed by atoms with Crippen LogP contribution in [0.15, 0.2) is 0 Å². The molecule has 5 heteroatoms. The minimum absolute atomic E-state index is 0. The number of hydrogen-bond donors (Lipinski definition) is 2. The van der Waals surface area contributed by atoms with Crippen molar-refractivity contribution in [2.75, 3.05) is 0 Å². The Morgan fingerprint density at radius 2 is 1.39 bits per heavy atom. The summed E-state index contributed by atoms with van der Waals surface area (Å²) in [4.78, 5) is 18.9. The van der Waals surface area contributed by atoms with Crippen LogP contribution in [0.5, 0.6) is 0 Å². The van der Waals surface area contributed by atoms with Crippen molar-refractivity contribution >= 4 is 11.9 Å². The van der Waals surface area contributed by atoms with E-state index in [9.17, 15) is 9.59 Å². The van der Waals surface area contributed by atoms with Crippen molar-refractivity contribution in [1.29, 1.82) is 0 Å². The number of carboxylic acid groups (broad SMARTS) is 2. The first-order valence-electron chi connectivity index (χ1n) is 6.26. The third kappa shape index (κ3) is 29.7. The average Bonchev–Trinajstić information content (AvgIpc) is 2.22. The zero-order valence-electron chi connectivity index (χ0n) is 11.9. The Bertz CT molecular complexity index is 175. The van der Waals surface area contributed by atoms with Gasteiger partial charge in [-0.15, -0.1) is 0 Å². The Hall–Kier alpha value is -0.0600. The van der Waals surface area contributed by atoms with Crippen molar-refractivity contribution in [3.63, 3.8) is 0 Å². The van der Waals surface area contributed by atoms with Crippen LogP contribution in [0.4, 0.5) is 0 Å². The molecule has 0 fully saturated rings. The zero-order chi connectivity index (χ0) is 13.5. The van der Waals surface area contributed by atoms with Crippen LogP contribution in [0.1, 0.15) is 65.2 Å². The molecule has 102 valence electrons. The first-order valence-corrected chi connectivity index (χ1v) is 6.26. The van der Waals surface area contributed by atoms with Crippen LogP contribution < -0.4 is 29.6 Å². The summed E-state index contributed by atoms with van der Waals surface area (Å²) >= 11 is 0. The van der Waals surface area contributed by atoms with Crippen LogP contribution in [0.25, 0.3) is 0 Å². The van der Waals surface area contributed by atoms with E-state index in [1.165, 1.54) is 44.9 Å². The minimum atomic E-state index is -1.31. The van der Waals surface area contributed by atoms with E-state index in [1.807, 2.05) is 0 Å². The molecule has 0 aromatic carbocycles. The summed E-state index contributed by atoms with van der Waals surface area (Å²) in [6.07, 6.45) is 11.3. The van der Waals surface area contributed by atoms with Crippen LogP contribution in [0, 0.1) is 6.42 Å². The molecule has 0 amide bonds. The minimum Gasteiger partial charge on any atom is -0.481 e. The summed E-state index contributed by atoms with van der Waals surface area (Å²) in [5.74, 6) is -2.62. The van der Waals surface area contributed by atoms with Gasteiger partial charge in [0.1, 0.15) is 6.42 Å². The maximum atomic E-state index is 9.43. The van der Waals surface area contributed by atoms with Crippen LogP contribution in [0.3, 0.4) is 0 Å². The van der Waals surface area contributed by atoms with Crippen molar-refractivity contribution in [2.45, 2.75) is 65.2 Å². The van der Waals surface area contributed by atoms with Crippen molar-refractivity contribution in [1.82, 2.24) is 0 Å². The Balaban J connectivity index is -0.000000251. The fourth-order valence-electron chi connectivity index (χ4n) is 1.26. The molecule has 4 nitrogen and oxygen atoms in total. The summed E-state index contributed by atoms with van der Waals surface area (Å²) in [5.41, 5.74) is 0. The topological polar surface area (TPSA) is 74.6 Å². The second kappa shape index (κ2) is 19.3. The van der Waals surface area contributed by atoms with E-state index >= 15 is 0 Å². The van der Waals surface area contributed by atoms with Crippen molar-refractivity contribution in [3.05, 3.63) is 6.42 Å². The molecule has 0 aromatic heterocycles. The van der Waals surface area contributed by atoms with E-state index in [1.54, 1.807) is 0 Å². The maximum absolute atomic E-state index is 9.43. The van der Waals surface area contributed by atoms with Gasteiger partial charge in [0.2, 0.25) is 0 Å². The molecular weight excluding hydrogens is 243 g/mol. The molecule has 0 unspecified atom stereocenters. The molecule has 0 aliphatic heterocycles. The number of rotatable bonds is 9. The van der Waals surface area contributed by atoms with Gasteiger partial charge in [-0.25, -0.2) is 0 Å². The smallest absolute Gasteiger partial charge is 0.481 e. The van der Waals surface area contributed by atoms with E-state index in [-0.39, 0.29) is 29.6 Å². The fourth-order valence-corrected chi connectivity index (χ4v) is 1.26. The Kier molecular flexibility index (Phi) is 24.7. The summed E-state index contributed by atoms with van der Waals surface area (Å²) in [6.45, 7) is 4.41. The fraction of sp³-hybridized carbons (Fsp3) is 0.769. The molecule has 0 saturated carbocycles. The number of aliphatic carboxylic acids is 2. The summed E-state index contributed by atoms with van der Waals surface area (Å²) in [7, 11) is 0.